The third-order valence-electron chi connectivity index (χ3n) is 9.74. The molecule has 0 unspecified atom stereocenters. The lowest BCUT2D eigenvalue weighted by atomic mass is 10.0. The summed E-state index contributed by atoms with van der Waals surface area (Å²) in [4.78, 5) is 2.40. The van der Waals surface area contributed by atoms with E-state index in [0.717, 1.165) is 22.7 Å². The van der Waals surface area contributed by atoms with Crippen molar-refractivity contribution in [2.24, 2.45) is 0 Å². The number of rotatable bonds is 5. The summed E-state index contributed by atoms with van der Waals surface area (Å²) in [6.45, 7) is 0. The Morgan fingerprint density at radius 2 is 1.14 bits per heavy atom. The fourth-order valence-electron chi connectivity index (χ4n) is 7.56. The average Bonchev–Trinajstić information content (AvgIpc) is 3.71. The monoisotopic (exact) mass is 642 g/mol. The van der Waals surface area contributed by atoms with Crippen LogP contribution in [0, 0.1) is 0 Å². The second-order valence-corrected chi connectivity index (χ2v) is 13.6. The molecule has 8 aromatic carbocycles. The number of aromatic nitrogens is 1. The summed E-state index contributed by atoms with van der Waals surface area (Å²) in [7, 11) is 0. The van der Waals surface area contributed by atoms with E-state index in [0.29, 0.717) is 0 Å². The van der Waals surface area contributed by atoms with E-state index in [9.17, 15) is 0 Å². The number of anilines is 3. The molecule has 0 aliphatic heterocycles. The number of fused-ring (bicyclic) bond motifs is 8. The maximum Gasteiger partial charge on any atom is 0.0634 e. The molecule has 0 bridgehead atoms. The Labute approximate surface area is 288 Å². The Kier molecular flexibility index (Phi) is 6.39. The van der Waals surface area contributed by atoms with Crippen LogP contribution in [0.15, 0.2) is 182 Å². The Morgan fingerprint density at radius 3 is 1.98 bits per heavy atom. The molecule has 0 spiro atoms. The van der Waals surface area contributed by atoms with E-state index < -0.39 is 0 Å². The number of hydrogen-bond donors (Lipinski definition) is 0. The van der Waals surface area contributed by atoms with Crippen molar-refractivity contribution in [1.82, 2.24) is 4.57 Å². The molecular formula is C46H30N2S. The van der Waals surface area contributed by atoms with Crippen molar-refractivity contribution in [1.29, 1.82) is 0 Å². The van der Waals surface area contributed by atoms with E-state index in [1.54, 1.807) is 0 Å². The molecule has 3 heteroatoms. The van der Waals surface area contributed by atoms with Gasteiger partial charge in [-0.05, 0) is 83.2 Å². The summed E-state index contributed by atoms with van der Waals surface area (Å²) in [5, 5.41) is 7.55. The largest absolute Gasteiger partial charge is 0.310 e. The molecule has 0 aliphatic carbocycles. The second kappa shape index (κ2) is 11.2. The summed E-state index contributed by atoms with van der Waals surface area (Å²) in [6.07, 6.45) is 0. The average molecular weight is 643 g/mol. The Bertz CT molecular complexity index is 2810. The first-order chi connectivity index (χ1) is 24.3. The van der Waals surface area contributed by atoms with Gasteiger partial charge in [0, 0.05) is 53.4 Å². The minimum atomic E-state index is 1.13. The second-order valence-electron chi connectivity index (χ2n) is 12.6. The molecule has 0 fully saturated rings. The van der Waals surface area contributed by atoms with Gasteiger partial charge in [0.05, 0.1) is 16.7 Å². The van der Waals surface area contributed by atoms with Crippen molar-refractivity contribution < 1.29 is 0 Å². The van der Waals surface area contributed by atoms with E-state index in [4.69, 9.17) is 0 Å². The lowest BCUT2D eigenvalue weighted by molar-refractivity contribution is 1.19. The fourth-order valence-corrected chi connectivity index (χ4v) is 8.65. The van der Waals surface area contributed by atoms with Crippen LogP contribution in [-0.2, 0) is 0 Å². The van der Waals surface area contributed by atoms with Gasteiger partial charge < -0.3 is 9.47 Å². The smallest absolute Gasteiger partial charge is 0.0634 e. The molecule has 2 heterocycles. The fraction of sp³-hybridized carbons (Fsp3) is 0. The molecule has 0 radical (unpaired) electrons. The first-order valence-electron chi connectivity index (χ1n) is 16.7. The van der Waals surface area contributed by atoms with Crippen molar-refractivity contribution in [2.75, 3.05) is 4.90 Å². The van der Waals surface area contributed by atoms with Crippen LogP contribution in [-0.4, -0.2) is 4.57 Å². The SMILES string of the molecule is c1ccc(-c2ccc3sc4ccc5c6cc(N(c7ccccc7)c7cccc8ccccc78)ccc6n(-c6ccccc6)c5c4c3c2)cc1. The van der Waals surface area contributed by atoms with Crippen LogP contribution in [0.4, 0.5) is 17.1 Å². The molecule has 0 aliphatic rings. The van der Waals surface area contributed by atoms with Crippen molar-refractivity contribution in [3.63, 3.8) is 0 Å². The Balaban J connectivity index is 1.29. The van der Waals surface area contributed by atoms with Crippen LogP contribution in [0.25, 0.3) is 69.6 Å². The maximum absolute atomic E-state index is 2.48. The molecule has 0 saturated carbocycles. The molecule has 0 N–H and O–H groups in total. The highest BCUT2D eigenvalue weighted by Gasteiger charge is 2.21. The van der Waals surface area contributed by atoms with E-state index in [2.05, 4.69) is 191 Å². The van der Waals surface area contributed by atoms with Gasteiger partial charge in [-0.3, -0.25) is 0 Å². The summed E-state index contributed by atoms with van der Waals surface area (Å²) in [5.74, 6) is 0. The molecule has 0 saturated heterocycles. The molecular weight excluding hydrogens is 613 g/mol. The minimum absolute atomic E-state index is 1.13. The third-order valence-corrected chi connectivity index (χ3v) is 10.9. The summed E-state index contributed by atoms with van der Waals surface area (Å²) in [5.41, 5.74) is 9.51. The highest BCUT2D eigenvalue weighted by atomic mass is 32.1. The van der Waals surface area contributed by atoms with Crippen LogP contribution >= 0.6 is 11.3 Å². The van der Waals surface area contributed by atoms with Crippen molar-refractivity contribution in [3.05, 3.63) is 182 Å². The third kappa shape index (κ3) is 4.47. The van der Waals surface area contributed by atoms with Crippen LogP contribution in [0.2, 0.25) is 0 Å². The molecule has 49 heavy (non-hydrogen) atoms. The van der Waals surface area contributed by atoms with E-state index >= 15 is 0 Å². The summed E-state index contributed by atoms with van der Waals surface area (Å²) >= 11 is 1.88. The highest BCUT2D eigenvalue weighted by Crippen LogP contribution is 2.46. The predicted octanol–water partition coefficient (Wildman–Crippen LogP) is 13.4. The lowest BCUT2D eigenvalue weighted by Gasteiger charge is -2.27. The van der Waals surface area contributed by atoms with Crippen molar-refractivity contribution in [2.45, 2.75) is 0 Å². The minimum Gasteiger partial charge on any atom is -0.310 e. The van der Waals surface area contributed by atoms with Crippen LogP contribution in [0.5, 0.6) is 0 Å². The molecule has 0 amide bonds. The normalized spacial score (nSPS) is 11.7. The standard InChI is InChI=1S/C46H30N2S/c1-4-13-31(14-5-1)33-23-27-43-40(29-33)45-44(49-43)28-25-38-39-30-36(24-26-42(39)48(46(38)45)35-19-8-3-9-20-35)47(34-17-6-2-7-18-34)41-22-12-16-32-15-10-11-21-37(32)41/h1-30H. The quantitative estimate of drug-likeness (QED) is 0.181. The zero-order valence-corrected chi connectivity index (χ0v) is 27.4. The van der Waals surface area contributed by atoms with E-state index in [1.165, 1.54) is 63.9 Å². The van der Waals surface area contributed by atoms with Gasteiger partial charge in [-0.1, -0.05) is 115 Å². The van der Waals surface area contributed by atoms with Gasteiger partial charge >= 0.3 is 0 Å². The number of thiophene rings is 1. The number of benzene rings is 8. The van der Waals surface area contributed by atoms with Crippen molar-refractivity contribution in [3.8, 4) is 16.8 Å². The lowest BCUT2D eigenvalue weighted by Crippen LogP contribution is -2.10. The molecule has 10 rings (SSSR count). The zero-order chi connectivity index (χ0) is 32.3. The van der Waals surface area contributed by atoms with E-state index in [-0.39, 0.29) is 0 Å². The van der Waals surface area contributed by atoms with Crippen LogP contribution < -0.4 is 4.90 Å². The van der Waals surface area contributed by atoms with Crippen LogP contribution in [0.3, 0.4) is 0 Å². The topological polar surface area (TPSA) is 8.17 Å². The Morgan fingerprint density at radius 1 is 0.429 bits per heavy atom. The number of nitrogens with zero attached hydrogens (tertiary/aromatic N) is 2. The molecule has 2 nitrogen and oxygen atoms in total. The molecule has 10 aromatic rings. The summed E-state index contributed by atoms with van der Waals surface area (Å²) < 4.78 is 5.08. The number of para-hydroxylation sites is 2. The maximum atomic E-state index is 2.48. The first kappa shape index (κ1) is 27.9. The zero-order valence-electron chi connectivity index (χ0n) is 26.6. The van der Waals surface area contributed by atoms with Crippen LogP contribution in [0.1, 0.15) is 0 Å². The molecule has 2 aromatic heterocycles. The van der Waals surface area contributed by atoms with Gasteiger partial charge in [0.15, 0.2) is 0 Å². The van der Waals surface area contributed by atoms with E-state index in [1.807, 2.05) is 11.3 Å². The predicted molar refractivity (Wildman–Crippen MR) is 211 cm³/mol. The molecule has 230 valence electrons. The number of hydrogen-bond acceptors (Lipinski definition) is 2. The van der Waals surface area contributed by atoms with Gasteiger partial charge in [-0.2, -0.15) is 0 Å². The van der Waals surface area contributed by atoms with Gasteiger partial charge in [-0.25, -0.2) is 0 Å². The van der Waals surface area contributed by atoms with Gasteiger partial charge in [-0.15, -0.1) is 11.3 Å². The first-order valence-corrected chi connectivity index (χ1v) is 17.5. The Hall–Kier alpha value is -6.16. The highest BCUT2D eigenvalue weighted by molar-refractivity contribution is 7.26. The molecule has 0 atom stereocenters. The van der Waals surface area contributed by atoms with Gasteiger partial charge in [0.25, 0.3) is 0 Å². The van der Waals surface area contributed by atoms with Gasteiger partial charge in [0.1, 0.15) is 0 Å². The van der Waals surface area contributed by atoms with Gasteiger partial charge in [0.2, 0.25) is 0 Å². The van der Waals surface area contributed by atoms with Crippen molar-refractivity contribution >= 4 is 81.1 Å². The summed E-state index contributed by atoms with van der Waals surface area (Å²) in [6, 6.07) is 66.1.